The summed E-state index contributed by atoms with van der Waals surface area (Å²) in [6.45, 7) is 8.49. The number of rotatable bonds is 20. The topological polar surface area (TPSA) is 114 Å². The molecule has 3 rings (SSSR count). The molecule has 0 atom stereocenters. The molecule has 0 amide bonds. The molecule has 0 aliphatic rings. The fourth-order valence-electron chi connectivity index (χ4n) is 3.71. The molecule has 0 bridgehead atoms. The van der Waals surface area contributed by atoms with Crippen LogP contribution in [0, 0.1) is 0 Å². The van der Waals surface area contributed by atoms with Gasteiger partial charge in [-0.1, -0.05) is 43.5 Å². The molecule has 0 aromatic heterocycles. The monoisotopic (exact) mass is 686 g/mol. The van der Waals surface area contributed by atoms with E-state index < -0.39 is 17.9 Å². The van der Waals surface area contributed by atoms with Crippen LogP contribution >= 0.6 is 11.8 Å². The second-order valence-electron chi connectivity index (χ2n) is 9.92. The van der Waals surface area contributed by atoms with Gasteiger partial charge >= 0.3 is 17.9 Å². The van der Waals surface area contributed by atoms with Crippen molar-refractivity contribution >= 4 is 48.1 Å². The van der Waals surface area contributed by atoms with Gasteiger partial charge in [0.1, 0.15) is 23.5 Å². The molecule has 3 aromatic rings. The van der Waals surface area contributed by atoms with E-state index in [1.165, 1.54) is 12.2 Å². The SMILES string of the molecule is C=CC(=O)OCCCCOc1ccc(/C=C/C(=O)Oc2ccc(SC)cc2)cc1.C=CC(=O)OCCCCOc1ccc(/C=C/C=O)cc1. The van der Waals surface area contributed by atoms with Crippen molar-refractivity contribution in [2.75, 3.05) is 32.7 Å². The number of unbranched alkanes of at least 4 members (excludes halogenated alkanes) is 2. The molecule has 10 heteroatoms. The van der Waals surface area contributed by atoms with Crippen LogP contribution in [0.4, 0.5) is 0 Å². The zero-order chi connectivity index (χ0) is 35.5. The van der Waals surface area contributed by atoms with Crippen LogP contribution in [0.15, 0.2) is 115 Å². The normalized spacial score (nSPS) is 10.4. The predicted octanol–water partition coefficient (Wildman–Crippen LogP) is 7.70. The summed E-state index contributed by atoms with van der Waals surface area (Å²) in [5.74, 6) is 0.787. The fraction of sp³-hybridized carbons (Fsp3) is 0.231. The number of thioether (sulfide) groups is 1. The Labute approximate surface area is 292 Å². The quantitative estimate of drug-likeness (QED) is 0.0293. The average Bonchev–Trinajstić information content (AvgIpc) is 3.14. The van der Waals surface area contributed by atoms with Gasteiger partial charge in [0.05, 0.1) is 26.4 Å². The molecule has 3 aromatic carbocycles. The molecular formula is C39H42O9S. The summed E-state index contributed by atoms with van der Waals surface area (Å²) in [4.78, 5) is 44.9. The van der Waals surface area contributed by atoms with Crippen molar-refractivity contribution in [3.63, 3.8) is 0 Å². The summed E-state index contributed by atoms with van der Waals surface area (Å²) in [7, 11) is 0. The Kier molecular flexibility index (Phi) is 20.1. The van der Waals surface area contributed by atoms with Crippen molar-refractivity contribution in [3.8, 4) is 17.2 Å². The summed E-state index contributed by atoms with van der Waals surface area (Å²) in [5, 5.41) is 0. The van der Waals surface area contributed by atoms with E-state index in [4.69, 9.17) is 23.7 Å². The van der Waals surface area contributed by atoms with E-state index in [9.17, 15) is 19.2 Å². The maximum Gasteiger partial charge on any atom is 0.336 e. The lowest BCUT2D eigenvalue weighted by Gasteiger charge is -2.06. The molecule has 0 fully saturated rings. The highest BCUT2D eigenvalue weighted by atomic mass is 32.2. The maximum atomic E-state index is 11.9. The van der Waals surface area contributed by atoms with E-state index >= 15 is 0 Å². The van der Waals surface area contributed by atoms with Gasteiger partial charge in [-0.3, -0.25) is 4.79 Å². The Morgan fingerprint density at radius 3 is 1.51 bits per heavy atom. The number of hydrogen-bond acceptors (Lipinski definition) is 10. The smallest absolute Gasteiger partial charge is 0.336 e. The van der Waals surface area contributed by atoms with Crippen LogP contribution in [-0.2, 0) is 28.7 Å². The minimum atomic E-state index is -0.431. The van der Waals surface area contributed by atoms with E-state index in [1.54, 1.807) is 36.0 Å². The molecule has 9 nitrogen and oxygen atoms in total. The van der Waals surface area contributed by atoms with Gasteiger partial charge in [-0.2, -0.15) is 0 Å². The van der Waals surface area contributed by atoms with Crippen molar-refractivity contribution in [2.45, 2.75) is 30.6 Å². The second-order valence-corrected chi connectivity index (χ2v) is 10.8. The van der Waals surface area contributed by atoms with Crippen LogP contribution in [0.3, 0.4) is 0 Å². The lowest BCUT2D eigenvalue weighted by atomic mass is 10.2. The average molecular weight is 687 g/mol. The molecule has 0 aliphatic heterocycles. The molecule has 0 aliphatic carbocycles. The number of ether oxygens (including phenoxy) is 5. The first-order valence-electron chi connectivity index (χ1n) is 15.6. The van der Waals surface area contributed by atoms with Crippen LogP contribution < -0.4 is 14.2 Å². The predicted molar refractivity (Wildman–Crippen MR) is 193 cm³/mol. The van der Waals surface area contributed by atoms with Crippen molar-refractivity contribution < 1.29 is 42.9 Å². The third-order valence-corrected chi connectivity index (χ3v) is 7.00. The number of hydrogen-bond donors (Lipinski definition) is 0. The summed E-state index contributed by atoms with van der Waals surface area (Å²) < 4.78 is 26.2. The van der Waals surface area contributed by atoms with E-state index in [0.717, 1.165) is 71.6 Å². The van der Waals surface area contributed by atoms with E-state index in [-0.39, 0.29) is 0 Å². The Bertz CT molecular complexity index is 1510. The summed E-state index contributed by atoms with van der Waals surface area (Å²) >= 11 is 1.63. The van der Waals surface area contributed by atoms with Crippen molar-refractivity contribution in [1.29, 1.82) is 0 Å². The minimum absolute atomic E-state index is 0.357. The molecule has 258 valence electrons. The van der Waals surface area contributed by atoms with Crippen LogP contribution in [-0.4, -0.2) is 56.9 Å². The van der Waals surface area contributed by atoms with Crippen molar-refractivity contribution in [3.05, 3.63) is 121 Å². The highest BCUT2D eigenvalue weighted by Crippen LogP contribution is 2.19. The Morgan fingerprint density at radius 2 is 1.06 bits per heavy atom. The number of esters is 3. The van der Waals surface area contributed by atoms with Crippen LogP contribution in [0.25, 0.3) is 12.2 Å². The minimum Gasteiger partial charge on any atom is -0.494 e. The van der Waals surface area contributed by atoms with Crippen LogP contribution in [0.2, 0.25) is 0 Å². The Morgan fingerprint density at radius 1 is 0.612 bits per heavy atom. The van der Waals surface area contributed by atoms with Crippen LogP contribution in [0.5, 0.6) is 17.2 Å². The van der Waals surface area contributed by atoms with Gasteiger partial charge in [-0.15, -0.1) is 11.8 Å². The number of benzene rings is 3. The lowest BCUT2D eigenvalue weighted by molar-refractivity contribution is -0.138. The lowest BCUT2D eigenvalue weighted by Crippen LogP contribution is -2.04. The number of carbonyl (C=O) groups excluding carboxylic acids is 4. The first-order valence-corrected chi connectivity index (χ1v) is 16.8. The van der Waals surface area contributed by atoms with Crippen molar-refractivity contribution in [1.82, 2.24) is 0 Å². The maximum absolute atomic E-state index is 11.9. The van der Waals surface area contributed by atoms with Crippen LogP contribution in [0.1, 0.15) is 36.8 Å². The van der Waals surface area contributed by atoms with Gasteiger partial charge in [0.25, 0.3) is 0 Å². The Hall–Kier alpha value is -5.35. The third kappa shape index (κ3) is 18.5. The molecule has 0 unspecified atom stereocenters. The van der Waals surface area contributed by atoms with Gasteiger partial charge in [0.15, 0.2) is 0 Å². The van der Waals surface area contributed by atoms with Gasteiger partial charge in [0.2, 0.25) is 0 Å². The zero-order valence-electron chi connectivity index (χ0n) is 27.6. The fourth-order valence-corrected chi connectivity index (χ4v) is 4.12. The van der Waals surface area contributed by atoms with Gasteiger partial charge in [-0.05, 0) is 104 Å². The van der Waals surface area contributed by atoms with E-state index in [0.29, 0.717) is 32.2 Å². The molecule has 0 heterocycles. The zero-order valence-corrected chi connectivity index (χ0v) is 28.4. The number of allylic oxidation sites excluding steroid dienone is 1. The largest absolute Gasteiger partial charge is 0.494 e. The molecule has 0 N–H and O–H groups in total. The molecule has 0 spiro atoms. The third-order valence-electron chi connectivity index (χ3n) is 6.25. The van der Waals surface area contributed by atoms with Gasteiger partial charge < -0.3 is 23.7 Å². The van der Waals surface area contributed by atoms with E-state index in [1.807, 2.05) is 66.9 Å². The molecule has 49 heavy (non-hydrogen) atoms. The summed E-state index contributed by atoms with van der Waals surface area (Å²) in [5.41, 5.74) is 1.81. The highest BCUT2D eigenvalue weighted by molar-refractivity contribution is 7.98. The second kappa shape index (κ2) is 24.8. The molecule has 0 saturated carbocycles. The first kappa shape index (κ1) is 39.8. The van der Waals surface area contributed by atoms with Gasteiger partial charge in [-0.25, -0.2) is 14.4 Å². The summed E-state index contributed by atoms with van der Waals surface area (Å²) in [6.07, 6.45) is 14.3. The number of carbonyl (C=O) groups is 4. The highest BCUT2D eigenvalue weighted by Gasteiger charge is 2.02. The van der Waals surface area contributed by atoms with Crippen molar-refractivity contribution in [2.24, 2.45) is 0 Å². The van der Waals surface area contributed by atoms with Gasteiger partial charge in [0, 0.05) is 23.1 Å². The Balaban J connectivity index is 0.000000365. The molecular weight excluding hydrogens is 644 g/mol. The standard InChI is InChI=1S/C23H24O5S.C16H18O4/c1-3-22(24)27-17-5-4-16-26-19-9-6-18(7-10-19)8-15-23(25)28-20-11-13-21(29-2)14-12-20;1-2-16(18)20-13-4-3-12-19-15-9-7-14(8-10-15)6-5-11-17/h3,6-15H,1,4-5,16-17H2,2H3;2,5-11H,1,3-4,12-13H2/b15-8+;6-5+. The summed E-state index contributed by atoms with van der Waals surface area (Å²) in [6, 6.07) is 22.2. The molecule has 0 saturated heterocycles. The number of aldehydes is 1. The molecule has 0 radical (unpaired) electrons. The first-order chi connectivity index (χ1) is 23.9. The van der Waals surface area contributed by atoms with E-state index in [2.05, 4.69) is 13.2 Å².